The van der Waals surface area contributed by atoms with Crippen LogP contribution < -0.4 is 16.6 Å². The Balaban J connectivity index is 2.08. The number of aromatic amines is 1. The molecule has 0 bridgehead atoms. The Labute approximate surface area is 123 Å². The van der Waals surface area contributed by atoms with Crippen LogP contribution in [0.4, 0.5) is 21.7 Å². The molecule has 0 atom stereocenters. The van der Waals surface area contributed by atoms with E-state index in [9.17, 15) is 9.18 Å². The van der Waals surface area contributed by atoms with Crippen molar-refractivity contribution in [1.29, 1.82) is 0 Å². The minimum Gasteiger partial charge on any atom is -0.399 e. The van der Waals surface area contributed by atoms with E-state index in [-0.39, 0.29) is 22.2 Å². The molecule has 1 aromatic heterocycles. The van der Waals surface area contributed by atoms with Gasteiger partial charge in [0.1, 0.15) is 0 Å². The van der Waals surface area contributed by atoms with Crippen molar-refractivity contribution in [3.05, 3.63) is 57.6 Å². The van der Waals surface area contributed by atoms with Gasteiger partial charge in [0, 0.05) is 5.69 Å². The zero-order chi connectivity index (χ0) is 15.0. The molecule has 3 rings (SSSR count). The summed E-state index contributed by atoms with van der Waals surface area (Å²) in [7, 11) is 0. The zero-order valence-electron chi connectivity index (χ0n) is 10.7. The van der Waals surface area contributed by atoms with E-state index < -0.39 is 5.82 Å². The van der Waals surface area contributed by atoms with Crippen LogP contribution in [0, 0.1) is 5.82 Å². The summed E-state index contributed by atoms with van der Waals surface area (Å²) < 4.78 is 13.8. The number of nitrogens with one attached hydrogen (secondary N) is 2. The molecule has 0 unspecified atom stereocenters. The van der Waals surface area contributed by atoms with Gasteiger partial charge in [-0.1, -0.05) is 17.7 Å². The van der Waals surface area contributed by atoms with Crippen LogP contribution in [0.5, 0.6) is 0 Å². The second-order valence-electron chi connectivity index (χ2n) is 4.42. The van der Waals surface area contributed by atoms with Crippen molar-refractivity contribution in [1.82, 2.24) is 9.97 Å². The molecule has 5 nitrogen and oxygen atoms in total. The van der Waals surface area contributed by atoms with Crippen LogP contribution in [-0.2, 0) is 0 Å². The van der Waals surface area contributed by atoms with Gasteiger partial charge in [-0.3, -0.25) is 9.78 Å². The summed E-state index contributed by atoms with van der Waals surface area (Å²) in [6.45, 7) is 0. The predicted molar refractivity (Wildman–Crippen MR) is 81.5 cm³/mol. The van der Waals surface area contributed by atoms with Crippen molar-refractivity contribution in [2.75, 3.05) is 11.1 Å². The van der Waals surface area contributed by atoms with E-state index in [2.05, 4.69) is 15.3 Å². The fourth-order valence-corrected chi connectivity index (χ4v) is 2.12. The Kier molecular flexibility index (Phi) is 3.23. The molecule has 0 aliphatic heterocycles. The van der Waals surface area contributed by atoms with Crippen molar-refractivity contribution in [2.45, 2.75) is 0 Å². The summed E-state index contributed by atoms with van der Waals surface area (Å²) in [6.07, 6.45) is 0. The summed E-state index contributed by atoms with van der Waals surface area (Å²) in [5.41, 5.74) is 6.32. The van der Waals surface area contributed by atoms with Gasteiger partial charge in [0.2, 0.25) is 5.95 Å². The van der Waals surface area contributed by atoms with Crippen LogP contribution >= 0.6 is 11.6 Å². The standard InChI is InChI=1S/C14H10ClFN4O/c15-9-2-1-3-11(12(9)16)19-14-18-10-5-4-7(17)6-8(10)13(21)20-14/h1-6H,17H2,(H2,18,19,20,21). The van der Waals surface area contributed by atoms with Gasteiger partial charge in [0.15, 0.2) is 5.82 Å². The first-order valence-corrected chi connectivity index (χ1v) is 6.43. The summed E-state index contributed by atoms with van der Waals surface area (Å²) in [5, 5.41) is 3.05. The Bertz CT molecular complexity index is 894. The maximum absolute atomic E-state index is 13.8. The monoisotopic (exact) mass is 304 g/mol. The third-order valence-electron chi connectivity index (χ3n) is 2.93. The molecule has 0 fully saturated rings. The number of benzene rings is 2. The van der Waals surface area contributed by atoms with Gasteiger partial charge in [0.05, 0.1) is 21.6 Å². The molecule has 21 heavy (non-hydrogen) atoms. The number of halogens is 2. The molecule has 0 saturated heterocycles. The average molecular weight is 305 g/mol. The molecule has 106 valence electrons. The summed E-state index contributed by atoms with van der Waals surface area (Å²) in [6, 6.07) is 9.31. The number of nitrogens with two attached hydrogens (primary N) is 1. The highest BCUT2D eigenvalue weighted by Crippen LogP contribution is 2.24. The molecule has 0 saturated carbocycles. The SMILES string of the molecule is Nc1ccc2nc(Nc3cccc(Cl)c3F)[nH]c(=O)c2c1. The summed E-state index contributed by atoms with van der Waals surface area (Å²) >= 11 is 5.70. The highest BCUT2D eigenvalue weighted by atomic mass is 35.5. The zero-order valence-corrected chi connectivity index (χ0v) is 11.4. The van der Waals surface area contributed by atoms with Crippen molar-refractivity contribution in [2.24, 2.45) is 0 Å². The summed E-state index contributed by atoms with van der Waals surface area (Å²) in [5.74, 6) is -0.488. The Morgan fingerprint density at radius 3 is 2.90 bits per heavy atom. The van der Waals surface area contributed by atoms with E-state index in [4.69, 9.17) is 17.3 Å². The molecule has 0 amide bonds. The molecule has 0 aliphatic carbocycles. The Morgan fingerprint density at radius 1 is 1.29 bits per heavy atom. The second kappa shape index (κ2) is 5.06. The number of rotatable bonds is 2. The smallest absolute Gasteiger partial charge is 0.260 e. The van der Waals surface area contributed by atoms with Gasteiger partial charge in [0.25, 0.3) is 5.56 Å². The molecule has 0 radical (unpaired) electrons. The fourth-order valence-electron chi connectivity index (χ4n) is 1.94. The highest BCUT2D eigenvalue weighted by Gasteiger charge is 2.09. The molecule has 1 heterocycles. The minimum atomic E-state index is -0.612. The van der Waals surface area contributed by atoms with E-state index in [1.54, 1.807) is 18.2 Å². The van der Waals surface area contributed by atoms with Crippen molar-refractivity contribution < 1.29 is 4.39 Å². The third kappa shape index (κ3) is 2.53. The number of aromatic nitrogens is 2. The number of H-pyrrole nitrogens is 1. The molecule has 2 aromatic carbocycles. The quantitative estimate of drug-likeness (QED) is 0.635. The van der Waals surface area contributed by atoms with Crippen LogP contribution in [0.3, 0.4) is 0 Å². The highest BCUT2D eigenvalue weighted by molar-refractivity contribution is 6.31. The molecular weight excluding hydrogens is 295 g/mol. The molecule has 3 aromatic rings. The van der Waals surface area contributed by atoms with Crippen LogP contribution in [0.25, 0.3) is 10.9 Å². The maximum Gasteiger partial charge on any atom is 0.260 e. The lowest BCUT2D eigenvalue weighted by molar-refractivity contribution is 0.632. The lowest BCUT2D eigenvalue weighted by Crippen LogP contribution is -2.12. The molecule has 0 spiro atoms. The maximum atomic E-state index is 13.8. The number of hydrogen-bond acceptors (Lipinski definition) is 4. The largest absolute Gasteiger partial charge is 0.399 e. The number of nitrogen functional groups attached to an aromatic ring is 1. The van der Waals surface area contributed by atoms with Crippen LogP contribution in [-0.4, -0.2) is 9.97 Å². The van der Waals surface area contributed by atoms with E-state index in [1.165, 1.54) is 18.2 Å². The lowest BCUT2D eigenvalue weighted by Gasteiger charge is -2.08. The molecule has 0 aliphatic rings. The Morgan fingerprint density at radius 2 is 2.10 bits per heavy atom. The molecule has 4 N–H and O–H groups in total. The first-order valence-electron chi connectivity index (χ1n) is 6.05. The molecule has 7 heteroatoms. The number of fused-ring (bicyclic) bond motifs is 1. The van der Waals surface area contributed by atoms with Gasteiger partial charge >= 0.3 is 0 Å². The van der Waals surface area contributed by atoms with Gasteiger partial charge in [-0.2, -0.15) is 0 Å². The van der Waals surface area contributed by atoms with E-state index in [0.717, 1.165) is 0 Å². The first-order chi connectivity index (χ1) is 10.0. The Hall–Kier alpha value is -2.60. The van der Waals surface area contributed by atoms with Crippen LogP contribution in [0.1, 0.15) is 0 Å². The van der Waals surface area contributed by atoms with E-state index in [0.29, 0.717) is 16.6 Å². The summed E-state index contributed by atoms with van der Waals surface area (Å²) in [4.78, 5) is 18.7. The number of nitrogens with zero attached hydrogens (tertiary/aromatic N) is 1. The normalized spacial score (nSPS) is 10.8. The van der Waals surface area contributed by atoms with Crippen molar-refractivity contribution in [3.63, 3.8) is 0 Å². The number of anilines is 3. The van der Waals surface area contributed by atoms with Crippen molar-refractivity contribution >= 4 is 39.8 Å². The van der Waals surface area contributed by atoms with Crippen LogP contribution in [0.2, 0.25) is 5.02 Å². The minimum absolute atomic E-state index is 0.0177. The lowest BCUT2D eigenvalue weighted by atomic mass is 10.2. The molecular formula is C14H10ClFN4O. The van der Waals surface area contributed by atoms with Crippen LogP contribution in [0.15, 0.2) is 41.2 Å². The fraction of sp³-hybridized carbons (Fsp3) is 0. The van der Waals surface area contributed by atoms with Crippen molar-refractivity contribution in [3.8, 4) is 0 Å². The first kappa shape index (κ1) is 13.4. The number of hydrogen-bond donors (Lipinski definition) is 3. The predicted octanol–water partition coefficient (Wildman–Crippen LogP) is 3.04. The van der Waals surface area contributed by atoms with E-state index >= 15 is 0 Å². The topological polar surface area (TPSA) is 83.8 Å². The second-order valence-corrected chi connectivity index (χ2v) is 4.82. The average Bonchev–Trinajstić information content (AvgIpc) is 2.45. The van der Waals surface area contributed by atoms with Gasteiger partial charge < -0.3 is 11.1 Å². The van der Waals surface area contributed by atoms with Gasteiger partial charge in [-0.05, 0) is 30.3 Å². The van der Waals surface area contributed by atoms with E-state index in [1.807, 2.05) is 0 Å². The third-order valence-corrected chi connectivity index (χ3v) is 3.23. The van der Waals surface area contributed by atoms with Gasteiger partial charge in [-0.15, -0.1) is 0 Å². The van der Waals surface area contributed by atoms with Gasteiger partial charge in [-0.25, -0.2) is 9.37 Å².